The van der Waals surface area contributed by atoms with Gasteiger partial charge in [-0.05, 0) is 0 Å². The molecule has 8 nitrogen and oxygen atoms in total. The number of carbonyl (C=O) groups is 2. The van der Waals surface area contributed by atoms with Gasteiger partial charge in [0.25, 0.3) is 0 Å². The lowest BCUT2D eigenvalue weighted by molar-refractivity contribution is -0.148. The zero-order valence-corrected chi connectivity index (χ0v) is 12.6. The minimum absolute atomic E-state index is 0.0246. The van der Waals surface area contributed by atoms with E-state index >= 15 is 0 Å². The van der Waals surface area contributed by atoms with Crippen molar-refractivity contribution in [2.75, 3.05) is 0 Å². The van der Waals surface area contributed by atoms with E-state index in [0.29, 0.717) is 5.69 Å². The number of thioether (sulfide) groups is 1. The number of hydrogen-bond acceptors (Lipinski definition) is 6. The van der Waals surface area contributed by atoms with Gasteiger partial charge in [0, 0.05) is 18.9 Å². The van der Waals surface area contributed by atoms with Gasteiger partial charge in [-0.15, -0.1) is 16.9 Å². The van der Waals surface area contributed by atoms with Crippen molar-refractivity contribution in [1.29, 1.82) is 0 Å². The Hall–Kier alpha value is -1.55. The Morgan fingerprint density at radius 2 is 2.35 bits per heavy atom. The summed E-state index contributed by atoms with van der Waals surface area (Å²) in [4.78, 5) is 24.5. The zero-order chi connectivity index (χ0) is 14.7. The first-order valence-electron chi connectivity index (χ1n) is 5.55. The van der Waals surface area contributed by atoms with E-state index in [2.05, 4.69) is 26.2 Å². The maximum atomic E-state index is 12.2. The van der Waals surface area contributed by atoms with Crippen molar-refractivity contribution in [3.63, 3.8) is 0 Å². The number of halogens is 1. The summed E-state index contributed by atoms with van der Waals surface area (Å²) in [6.07, 6.45) is 0.139. The summed E-state index contributed by atoms with van der Waals surface area (Å²) in [5.74, 6) is -1.60. The van der Waals surface area contributed by atoms with E-state index in [0.717, 1.165) is 0 Å². The standard InChI is InChI=1S/C10H9BrN4O4S/c1-14-6(16)4(12-13-14)2-10(11)8(19)15-5(7(17)18)3-20-9(10)15/h3,9,16H,2H2,1H3,(H,17,18)/t9-,10?/m0/s1. The first kappa shape index (κ1) is 13.4. The molecule has 2 aliphatic rings. The second-order valence-electron chi connectivity index (χ2n) is 4.49. The molecule has 3 rings (SSSR count). The third kappa shape index (κ3) is 1.61. The number of aliphatic carboxylic acids is 1. The number of rotatable bonds is 3. The lowest BCUT2D eigenvalue weighted by atomic mass is 9.92. The number of aromatic nitrogens is 3. The number of carboxylic acids is 1. The highest BCUT2D eigenvalue weighted by Gasteiger charge is 2.64. The summed E-state index contributed by atoms with van der Waals surface area (Å²) in [5.41, 5.74) is 0.269. The summed E-state index contributed by atoms with van der Waals surface area (Å²) in [6, 6.07) is 0. The lowest BCUT2D eigenvalue weighted by Crippen LogP contribution is -2.68. The molecule has 0 radical (unpaired) electrons. The van der Waals surface area contributed by atoms with E-state index in [1.54, 1.807) is 0 Å². The molecule has 1 amide bonds. The van der Waals surface area contributed by atoms with Crippen LogP contribution in [0.4, 0.5) is 0 Å². The predicted octanol–water partition coefficient (Wildman–Crippen LogP) is 0.0380. The molecule has 1 saturated heterocycles. The van der Waals surface area contributed by atoms with Gasteiger partial charge in [0.1, 0.15) is 21.1 Å². The molecule has 2 aliphatic heterocycles. The first-order valence-corrected chi connectivity index (χ1v) is 7.29. The van der Waals surface area contributed by atoms with Gasteiger partial charge in [0.05, 0.1) is 0 Å². The highest BCUT2D eigenvalue weighted by molar-refractivity contribution is 9.10. The molecule has 1 aromatic heterocycles. The number of carbonyl (C=O) groups excluding carboxylic acids is 1. The number of amides is 1. The summed E-state index contributed by atoms with van der Waals surface area (Å²) < 4.78 is 0.230. The Morgan fingerprint density at radius 3 is 2.90 bits per heavy atom. The maximum Gasteiger partial charge on any atom is 0.353 e. The fourth-order valence-electron chi connectivity index (χ4n) is 2.21. The van der Waals surface area contributed by atoms with E-state index in [1.807, 2.05) is 0 Å². The third-order valence-corrected chi connectivity index (χ3v) is 5.86. The molecule has 2 N–H and O–H groups in total. The van der Waals surface area contributed by atoms with Crippen LogP contribution in [0.1, 0.15) is 5.69 Å². The van der Waals surface area contributed by atoms with Crippen molar-refractivity contribution in [3.05, 3.63) is 16.8 Å². The SMILES string of the molecule is Cn1nnc(CC2(Br)C(=O)N3C(C(=O)O)=CS[C@H]32)c1O. The van der Waals surface area contributed by atoms with E-state index < -0.39 is 10.3 Å². The molecule has 106 valence electrons. The molecule has 0 saturated carbocycles. The topological polar surface area (TPSA) is 109 Å². The average Bonchev–Trinajstić information content (AvgIpc) is 2.95. The van der Waals surface area contributed by atoms with E-state index in [1.165, 1.54) is 33.8 Å². The molecule has 0 aromatic carbocycles. The fourth-order valence-corrected chi connectivity index (χ4v) is 4.40. The summed E-state index contributed by atoms with van der Waals surface area (Å²) >= 11 is 4.62. The number of hydrogen-bond donors (Lipinski definition) is 2. The molecule has 3 heterocycles. The molecule has 0 aliphatic carbocycles. The van der Waals surface area contributed by atoms with Crippen LogP contribution in [-0.2, 0) is 23.1 Å². The smallest absolute Gasteiger partial charge is 0.353 e. The number of aryl methyl sites for hydroxylation is 1. The average molecular weight is 361 g/mol. The van der Waals surface area contributed by atoms with Crippen molar-refractivity contribution in [2.45, 2.75) is 16.1 Å². The Bertz CT molecular complexity index is 660. The van der Waals surface area contributed by atoms with Crippen molar-refractivity contribution in [3.8, 4) is 5.88 Å². The van der Waals surface area contributed by atoms with Crippen LogP contribution in [0.2, 0.25) is 0 Å². The van der Waals surface area contributed by atoms with Gasteiger partial charge in [0.2, 0.25) is 11.8 Å². The third-order valence-electron chi connectivity index (χ3n) is 3.28. The Morgan fingerprint density at radius 1 is 1.65 bits per heavy atom. The molecule has 1 fully saturated rings. The molecule has 20 heavy (non-hydrogen) atoms. The Labute approximate surface area is 125 Å². The van der Waals surface area contributed by atoms with Gasteiger partial charge in [-0.3, -0.25) is 9.69 Å². The number of carboxylic acid groups (broad SMARTS) is 1. The van der Waals surface area contributed by atoms with Gasteiger partial charge in [-0.25, -0.2) is 9.48 Å². The van der Waals surface area contributed by atoms with Crippen molar-refractivity contribution < 1.29 is 19.8 Å². The molecule has 0 bridgehead atoms. The van der Waals surface area contributed by atoms with Crippen LogP contribution in [0.3, 0.4) is 0 Å². The van der Waals surface area contributed by atoms with Crippen molar-refractivity contribution >= 4 is 39.6 Å². The first-order chi connectivity index (χ1) is 9.36. The van der Waals surface area contributed by atoms with Crippen molar-refractivity contribution in [2.24, 2.45) is 7.05 Å². The van der Waals surface area contributed by atoms with E-state index in [4.69, 9.17) is 5.11 Å². The second-order valence-corrected chi connectivity index (χ2v) is 6.86. The minimum atomic E-state index is -1.13. The molecule has 1 unspecified atom stereocenters. The molecule has 1 aromatic rings. The van der Waals surface area contributed by atoms with Crippen molar-refractivity contribution in [1.82, 2.24) is 19.9 Å². The highest BCUT2D eigenvalue weighted by Crippen LogP contribution is 2.53. The summed E-state index contributed by atoms with van der Waals surface area (Å²) in [5, 5.41) is 27.3. The molecular weight excluding hydrogens is 352 g/mol. The second kappa shape index (κ2) is 4.22. The highest BCUT2D eigenvalue weighted by atomic mass is 79.9. The van der Waals surface area contributed by atoms with Crippen LogP contribution < -0.4 is 0 Å². The van der Waals surface area contributed by atoms with E-state index in [9.17, 15) is 14.7 Å². The van der Waals surface area contributed by atoms with Crippen LogP contribution in [0.25, 0.3) is 0 Å². The number of β-lactam (4-membered cyclic amide) rings is 1. The molecule has 2 atom stereocenters. The largest absolute Gasteiger partial charge is 0.492 e. The minimum Gasteiger partial charge on any atom is -0.492 e. The number of nitrogens with zero attached hydrogens (tertiary/aromatic N) is 4. The van der Waals surface area contributed by atoms with Crippen LogP contribution in [0, 0.1) is 0 Å². The van der Waals surface area contributed by atoms with Gasteiger partial charge in [-0.2, -0.15) is 0 Å². The number of aromatic hydroxyl groups is 1. The molecule has 10 heteroatoms. The lowest BCUT2D eigenvalue weighted by Gasteiger charge is -2.48. The monoisotopic (exact) mass is 360 g/mol. The Balaban J connectivity index is 1.85. The van der Waals surface area contributed by atoms with Crippen LogP contribution in [0.5, 0.6) is 5.88 Å². The maximum absolute atomic E-state index is 12.2. The predicted molar refractivity (Wildman–Crippen MR) is 72.0 cm³/mol. The van der Waals surface area contributed by atoms with Crippen LogP contribution in [0.15, 0.2) is 11.1 Å². The van der Waals surface area contributed by atoms with Gasteiger partial charge < -0.3 is 10.2 Å². The van der Waals surface area contributed by atoms with E-state index in [-0.39, 0.29) is 29.3 Å². The summed E-state index contributed by atoms with van der Waals surface area (Å²) in [7, 11) is 1.54. The van der Waals surface area contributed by atoms with Gasteiger partial charge in [0.15, 0.2) is 0 Å². The number of fused-ring (bicyclic) bond motifs is 1. The van der Waals surface area contributed by atoms with Crippen LogP contribution in [-0.4, -0.2) is 51.7 Å². The van der Waals surface area contributed by atoms with Gasteiger partial charge >= 0.3 is 5.97 Å². The fraction of sp³-hybridized carbons (Fsp3) is 0.400. The number of alkyl halides is 1. The Kier molecular flexibility index (Phi) is 2.83. The van der Waals surface area contributed by atoms with Crippen LogP contribution >= 0.6 is 27.7 Å². The molecular formula is C10H9BrN4O4S. The van der Waals surface area contributed by atoms with Gasteiger partial charge in [-0.1, -0.05) is 21.1 Å². The zero-order valence-electron chi connectivity index (χ0n) is 10.1. The molecule has 0 spiro atoms. The normalized spacial score (nSPS) is 28.1. The quantitative estimate of drug-likeness (QED) is 0.578. The summed E-state index contributed by atoms with van der Waals surface area (Å²) in [6.45, 7) is 0.